The van der Waals surface area contributed by atoms with E-state index >= 15 is 0 Å². The first-order valence-electron chi connectivity index (χ1n) is 13.5. The number of amides is 3. The third-order valence-electron chi connectivity index (χ3n) is 6.35. The van der Waals surface area contributed by atoms with Crippen molar-refractivity contribution in [2.24, 2.45) is 0 Å². The molecule has 0 bridgehead atoms. The molecule has 0 saturated heterocycles. The van der Waals surface area contributed by atoms with Crippen molar-refractivity contribution in [2.75, 3.05) is 10.6 Å². The number of hydrogen-bond acceptors (Lipinski definition) is 4. The fraction of sp³-hybridized carbons (Fsp3) is 0.147. The van der Waals surface area contributed by atoms with Crippen LogP contribution >= 0.6 is 27.7 Å². The average molecular weight is 643 g/mol. The zero-order valence-electron chi connectivity index (χ0n) is 23.6. The van der Waals surface area contributed by atoms with E-state index in [2.05, 4.69) is 45.7 Å². The van der Waals surface area contributed by atoms with Crippen LogP contribution in [0.4, 0.5) is 11.4 Å². The number of halogens is 1. The third kappa shape index (κ3) is 8.93. The molecule has 0 aromatic heterocycles. The van der Waals surface area contributed by atoms with Gasteiger partial charge in [-0.25, -0.2) is 0 Å². The van der Waals surface area contributed by atoms with Crippen LogP contribution in [0.2, 0.25) is 0 Å². The minimum absolute atomic E-state index is 0.0912. The number of thioether (sulfide) groups is 1. The second kappa shape index (κ2) is 14.7. The van der Waals surface area contributed by atoms with Gasteiger partial charge in [-0.05, 0) is 90.7 Å². The van der Waals surface area contributed by atoms with Gasteiger partial charge in [-0.2, -0.15) is 0 Å². The Morgan fingerprint density at radius 1 is 0.738 bits per heavy atom. The molecule has 0 heterocycles. The van der Waals surface area contributed by atoms with E-state index in [1.807, 2.05) is 73.7 Å². The standard InChI is InChI=1S/C34H32BrN3O3S/c1-22(2)25-11-15-28(16-12-25)36-32(39)23(3)42-30-19-17-29(18-20-30)37-34(41)31(21-24-9-13-27(35)14-10-24)38-33(40)26-7-5-4-6-8-26/h4-23H,1-3H3,(H,36,39)(H,37,41)(H,38,40)/b31-21-. The third-order valence-corrected chi connectivity index (χ3v) is 7.99. The molecule has 1 unspecified atom stereocenters. The lowest BCUT2D eigenvalue weighted by Gasteiger charge is -2.14. The summed E-state index contributed by atoms with van der Waals surface area (Å²) in [4.78, 5) is 39.7. The van der Waals surface area contributed by atoms with Crippen molar-refractivity contribution in [3.05, 3.63) is 130 Å². The highest BCUT2D eigenvalue weighted by Gasteiger charge is 2.17. The van der Waals surface area contributed by atoms with E-state index in [4.69, 9.17) is 0 Å². The van der Waals surface area contributed by atoms with Gasteiger partial charge < -0.3 is 16.0 Å². The lowest BCUT2D eigenvalue weighted by atomic mass is 10.0. The first kappa shape index (κ1) is 30.8. The van der Waals surface area contributed by atoms with Gasteiger partial charge in [0.1, 0.15) is 5.70 Å². The SMILES string of the molecule is CC(Sc1ccc(NC(=O)/C(=C/c2ccc(Br)cc2)NC(=O)c2ccccc2)cc1)C(=O)Nc1ccc(C(C)C)cc1. The van der Waals surface area contributed by atoms with Crippen molar-refractivity contribution in [2.45, 2.75) is 36.8 Å². The summed E-state index contributed by atoms with van der Waals surface area (Å²) in [5.41, 5.74) is 3.85. The molecule has 0 fully saturated rings. The minimum Gasteiger partial charge on any atom is -0.325 e. The van der Waals surface area contributed by atoms with Gasteiger partial charge >= 0.3 is 0 Å². The molecule has 3 N–H and O–H groups in total. The number of carbonyl (C=O) groups excluding carboxylic acids is 3. The second-order valence-electron chi connectivity index (χ2n) is 9.93. The Balaban J connectivity index is 1.40. The van der Waals surface area contributed by atoms with Crippen LogP contribution in [0, 0.1) is 0 Å². The van der Waals surface area contributed by atoms with Gasteiger partial charge in [0.05, 0.1) is 5.25 Å². The van der Waals surface area contributed by atoms with Crippen molar-refractivity contribution in [1.82, 2.24) is 5.32 Å². The summed E-state index contributed by atoms with van der Waals surface area (Å²) < 4.78 is 0.907. The lowest BCUT2D eigenvalue weighted by molar-refractivity contribution is -0.115. The van der Waals surface area contributed by atoms with Crippen molar-refractivity contribution >= 4 is 62.9 Å². The normalized spacial score (nSPS) is 12.0. The molecular weight excluding hydrogens is 610 g/mol. The van der Waals surface area contributed by atoms with Crippen LogP contribution in [0.1, 0.15) is 48.2 Å². The van der Waals surface area contributed by atoms with E-state index < -0.39 is 5.91 Å². The van der Waals surface area contributed by atoms with Crippen LogP contribution < -0.4 is 16.0 Å². The monoisotopic (exact) mass is 641 g/mol. The molecule has 6 nitrogen and oxygen atoms in total. The predicted molar refractivity (Wildman–Crippen MR) is 176 cm³/mol. The predicted octanol–water partition coefficient (Wildman–Crippen LogP) is 8.10. The molecule has 1 atom stereocenters. The van der Waals surface area contributed by atoms with E-state index in [0.717, 1.165) is 20.6 Å². The Kier molecular flexibility index (Phi) is 10.8. The summed E-state index contributed by atoms with van der Waals surface area (Å²) in [6, 6.07) is 31.3. The van der Waals surface area contributed by atoms with Gasteiger partial charge in [-0.3, -0.25) is 14.4 Å². The van der Waals surface area contributed by atoms with Gasteiger partial charge in [-0.15, -0.1) is 11.8 Å². The van der Waals surface area contributed by atoms with Crippen LogP contribution in [0.3, 0.4) is 0 Å². The zero-order valence-corrected chi connectivity index (χ0v) is 26.0. The quantitative estimate of drug-likeness (QED) is 0.121. The van der Waals surface area contributed by atoms with Gasteiger partial charge in [0.25, 0.3) is 11.8 Å². The van der Waals surface area contributed by atoms with Crippen LogP contribution in [-0.4, -0.2) is 23.0 Å². The van der Waals surface area contributed by atoms with Gasteiger partial charge in [0, 0.05) is 26.3 Å². The van der Waals surface area contributed by atoms with Crippen molar-refractivity contribution in [3.8, 4) is 0 Å². The molecular formula is C34H32BrN3O3S. The fourth-order valence-corrected chi connectivity index (χ4v) is 5.07. The largest absolute Gasteiger partial charge is 0.325 e. The summed E-state index contributed by atoms with van der Waals surface area (Å²) in [6.07, 6.45) is 1.63. The second-order valence-corrected chi connectivity index (χ2v) is 12.3. The fourth-order valence-electron chi connectivity index (χ4n) is 3.94. The van der Waals surface area contributed by atoms with E-state index in [0.29, 0.717) is 17.2 Å². The van der Waals surface area contributed by atoms with Crippen LogP contribution in [0.5, 0.6) is 0 Å². The molecule has 0 saturated carbocycles. The number of rotatable bonds is 10. The van der Waals surface area contributed by atoms with E-state index in [1.165, 1.54) is 17.3 Å². The van der Waals surface area contributed by atoms with Crippen molar-refractivity contribution < 1.29 is 14.4 Å². The van der Waals surface area contributed by atoms with Crippen molar-refractivity contribution in [3.63, 3.8) is 0 Å². The van der Waals surface area contributed by atoms with E-state index in [-0.39, 0.29) is 22.8 Å². The summed E-state index contributed by atoms with van der Waals surface area (Å²) in [7, 11) is 0. The molecule has 214 valence electrons. The summed E-state index contributed by atoms with van der Waals surface area (Å²) >= 11 is 4.84. The molecule has 42 heavy (non-hydrogen) atoms. The molecule has 0 aliphatic rings. The van der Waals surface area contributed by atoms with Crippen LogP contribution in [-0.2, 0) is 9.59 Å². The maximum atomic E-state index is 13.3. The molecule has 4 aromatic carbocycles. The van der Waals surface area contributed by atoms with Gasteiger partial charge in [0.2, 0.25) is 5.91 Å². The maximum Gasteiger partial charge on any atom is 0.272 e. The topological polar surface area (TPSA) is 87.3 Å². The van der Waals surface area contributed by atoms with Crippen LogP contribution in [0.15, 0.2) is 118 Å². The summed E-state index contributed by atoms with van der Waals surface area (Å²) in [5, 5.41) is 8.24. The summed E-state index contributed by atoms with van der Waals surface area (Å²) in [6.45, 7) is 6.12. The Morgan fingerprint density at radius 3 is 1.95 bits per heavy atom. The minimum atomic E-state index is -0.459. The average Bonchev–Trinajstić information content (AvgIpc) is 2.99. The number of benzene rings is 4. The molecule has 4 rings (SSSR count). The molecule has 0 aliphatic carbocycles. The number of nitrogens with one attached hydrogen (secondary N) is 3. The van der Waals surface area contributed by atoms with Gasteiger partial charge in [0.15, 0.2) is 0 Å². The molecule has 8 heteroatoms. The first-order chi connectivity index (χ1) is 20.2. The van der Waals surface area contributed by atoms with Crippen molar-refractivity contribution in [1.29, 1.82) is 0 Å². The highest BCUT2D eigenvalue weighted by Crippen LogP contribution is 2.26. The first-order valence-corrected chi connectivity index (χ1v) is 15.2. The van der Waals surface area contributed by atoms with Crippen LogP contribution in [0.25, 0.3) is 6.08 Å². The maximum absolute atomic E-state index is 13.3. The highest BCUT2D eigenvalue weighted by atomic mass is 79.9. The number of hydrogen-bond donors (Lipinski definition) is 3. The Morgan fingerprint density at radius 2 is 1.33 bits per heavy atom. The molecule has 0 spiro atoms. The Bertz CT molecular complexity index is 1550. The van der Waals surface area contributed by atoms with E-state index in [1.54, 1.807) is 42.5 Å². The van der Waals surface area contributed by atoms with E-state index in [9.17, 15) is 14.4 Å². The summed E-state index contributed by atoms with van der Waals surface area (Å²) in [5.74, 6) is -0.506. The Hall–Kier alpha value is -4.14. The molecule has 0 aliphatic heterocycles. The number of anilines is 2. The molecule has 0 radical (unpaired) electrons. The molecule has 4 aromatic rings. The lowest BCUT2D eigenvalue weighted by Crippen LogP contribution is -2.30. The zero-order chi connectivity index (χ0) is 30.1. The highest BCUT2D eigenvalue weighted by molar-refractivity contribution is 9.10. The molecule has 3 amide bonds. The van der Waals surface area contributed by atoms with Gasteiger partial charge in [-0.1, -0.05) is 72.2 Å². The smallest absolute Gasteiger partial charge is 0.272 e. The Labute approximate surface area is 259 Å². The number of carbonyl (C=O) groups is 3.